The molecule has 0 spiro atoms. The number of nitrogens with zero attached hydrogens (tertiary/aromatic N) is 3. The van der Waals surface area contributed by atoms with Crippen LogP contribution in [0.15, 0.2) is 24.3 Å². The molecule has 2 amide bonds. The molecule has 0 bridgehead atoms. The minimum atomic E-state index is 0.0374. The zero-order chi connectivity index (χ0) is 17.5. The van der Waals surface area contributed by atoms with Crippen LogP contribution in [0.25, 0.3) is 0 Å². The average Bonchev–Trinajstić information content (AvgIpc) is 2.58. The first-order chi connectivity index (χ1) is 11.5. The highest BCUT2D eigenvalue weighted by Crippen LogP contribution is 2.20. The van der Waals surface area contributed by atoms with E-state index in [2.05, 4.69) is 4.90 Å². The molecule has 132 valence electrons. The lowest BCUT2D eigenvalue weighted by Gasteiger charge is -2.36. The summed E-state index contributed by atoms with van der Waals surface area (Å²) in [7, 11) is 0. The molecule has 2 rings (SSSR count). The van der Waals surface area contributed by atoms with Gasteiger partial charge in [-0.15, -0.1) is 0 Å². The van der Waals surface area contributed by atoms with Crippen molar-refractivity contribution in [2.45, 2.75) is 26.7 Å². The quantitative estimate of drug-likeness (QED) is 0.791. The van der Waals surface area contributed by atoms with Crippen LogP contribution < -0.4 is 4.90 Å². The van der Waals surface area contributed by atoms with Gasteiger partial charge in [0.15, 0.2) is 0 Å². The van der Waals surface area contributed by atoms with E-state index < -0.39 is 0 Å². The molecule has 0 saturated carbocycles. The van der Waals surface area contributed by atoms with Gasteiger partial charge in [0, 0.05) is 63.3 Å². The standard InChI is InChI=1S/C18H26ClN3O2/c1-3-8-20(15(2)23)9-7-18(24)22-12-10-21(11-13-22)17-6-4-5-16(19)14-17/h4-6,14H,3,7-13H2,1-2H3. The van der Waals surface area contributed by atoms with Gasteiger partial charge in [0.1, 0.15) is 0 Å². The molecule has 1 saturated heterocycles. The smallest absolute Gasteiger partial charge is 0.224 e. The number of anilines is 1. The molecule has 1 aliphatic rings. The van der Waals surface area contributed by atoms with Crippen molar-refractivity contribution in [2.75, 3.05) is 44.2 Å². The first-order valence-corrected chi connectivity index (χ1v) is 8.93. The number of halogens is 1. The van der Waals surface area contributed by atoms with Gasteiger partial charge >= 0.3 is 0 Å². The molecular weight excluding hydrogens is 326 g/mol. The summed E-state index contributed by atoms with van der Waals surface area (Å²) >= 11 is 6.04. The molecule has 1 aliphatic heterocycles. The van der Waals surface area contributed by atoms with Crippen molar-refractivity contribution < 1.29 is 9.59 Å². The van der Waals surface area contributed by atoms with E-state index in [9.17, 15) is 9.59 Å². The van der Waals surface area contributed by atoms with Crippen molar-refractivity contribution >= 4 is 29.1 Å². The van der Waals surface area contributed by atoms with Gasteiger partial charge < -0.3 is 14.7 Å². The number of hydrogen-bond donors (Lipinski definition) is 0. The Bertz CT molecular complexity index is 571. The Kier molecular flexibility index (Phi) is 6.91. The Morgan fingerprint density at radius 2 is 1.88 bits per heavy atom. The van der Waals surface area contributed by atoms with Crippen LogP contribution in [0.3, 0.4) is 0 Å². The Labute approximate surface area is 149 Å². The number of amides is 2. The summed E-state index contributed by atoms with van der Waals surface area (Å²) in [5, 5.41) is 0.728. The van der Waals surface area contributed by atoms with Crippen LogP contribution >= 0.6 is 11.6 Å². The van der Waals surface area contributed by atoms with Gasteiger partial charge in [-0.3, -0.25) is 9.59 Å². The van der Waals surface area contributed by atoms with E-state index in [1.807, 2.05) is 36.1 Å². The van der Waals surface area contributed by atoms with Gasteiger partial charge in [0.25, 0.3) is 0 Å². The van der Waals surface area contributed by atoms with Crippen LogP contribution in [-0.2, 0) is 9.59 Å². The largest absolute Gasteiger partial charge is 0.368 e. The summed E-state index contributed by atoms with van der Waals surface area (Å²) in [5.41, 5.74) is 1.10. The summed E-state index contributed by atoms with van der Waals surface area (Å²) in [6, 6.07) is 7.80. The van der Waals surface area contributed by atoms with E-state index in [-0.39, 0.29) is 11.8 Å². The maximum atomic E-state index is 12.4. The van der Waals surface area contributed by atoms with Crippen LogP contribution in [0.5, 0.6) is 0 Å². The first-order valence-electron chi connectivity index (χ1n) is 8.55. The molecule has 0 aliphatic carbocycles. The van der Waals surface area contributed by atoms with E-state index in [0.717, 1.165) is 30.2 Å². The fraction of sp³-hybridized carbons (Fsp3) is 0.556. The van der Waals surface area contributed by atoms with Gasteiger partial charge in [0.05, 0.1) is 0 Å². The van der Waals surface area contributed by atoms with Crippen LogP contribution in [0.4, 0.5) is 5.69 Å². The lowest BCUT2D eigenvalue weighted by Crippen LogP contribution is -2.49. The zero-order valence-electron chi connectivity index (χ0n) is 14.5. The molecule has 0 aromatic heterocycles. The van der Waals surface area contributed by atoms with Gasteiger partial charge in [0.2, 0.25) is 11.8 Å². The van der Waals surface area contributed by atoms with E-state index in [1.165, 1.54) is 0 Å². The zero-order valence-corrected chi connectivity index (χ0v) is 15.3. The van der Waals surface area contributed by atoms with Crippen molar-refractivity contribution in [3.63, 3.8) is 0 Å². The minimum Gasteiger partial charge on any atom is -0.368 e. The van der Waals surface area contributed by atoms with Gasteiger partial charge in [-0.2, -0.15) is 0 Å². The second kappa shape index (κ2) is 8.92. The number of carbonyl (C=O) groups is 2. The number of piperazine rings is 1. The van der Waals surface area contributed by atoms with E-state index >= 15 is 0 Å². The van der Waals surface area contributed by atoms with Crippen molar-refractivity contribution in [2.24, 2.45) is 0 Å². The predicted molar refractivity (Wildman–Crippen MR) is 97.4 cm³/mol. The summed E-state index contributed by atoms with van der Waals surface area (Å²) < 4.78 is 0. The molecule has 1 aromatic rings. The van der Waals surface area contributed by atoms with Gasteiger partial charge in [-0.1, -0.05) is 24.6 Å². The Balaban J connectivity index is 1.81. The molecule has 1 heterocycles. The number of carbonyl (C=O) groups excluding carboxylic acids is 2. The Morgan fingerprint density at radius 1 is 1.17 bits per heavy atom. The Hall–Kier alpha value is -1.75. The average molecular weight is 352 g/mol. The molecule has 0 N–H and O–H groups in total. The van der Waals surface area contributed by atoms with Crippen molar-refractivity contribution in [1.29, 1.82) is 0 Å². The molecule has 5 nitrogen and oxygen atoms in total. The lowest BCUT2D eigenvalue weighted by atomic mass is 10.2. The third-order valence-electron chi connectivity index (χ3n) is 4.34. The van der Waals surface area contributed by atoms with Crippen molar-refractivity contribution in [1.82, 2.24) is 9.80 Å². The molecular formula is C18H26ClN3O2. The van der Waals surface area contributed by atoms with Crippen molar-refractivity contribution in [3.05, 3.63) is 29.3 Å². The highest BCUT2D eigenvalue weighted by atomic mass is 35.5. The highest BCUT2D eigenvalue weighted by Gasteiger charge is 2.22. The number of benzene rings is 1. The summed E-state index contributed by atoms with van der Waals surface area (Å²) in [6.07, 6.45) is 1.31. The number of hydrogen-bond acceptors (Lipinski definition) is 3. The van der Waals surface area contributed by atoms with Crippen LogP contribution in [0.1, 0.15) is 26.7 Å². The summed E-state index contributed by atoms with van der Waals surface area (Å²) in [4.78, 5) is 29.8. The topological polar surface area (TPSA) is 43.9 Å². The second-order valence-corrected chi connectivity index (χ2v) is 6.54. The lowest BCUT2D eigenvalue weighted by molar-refractivity contribution is -0.133. The van der Waals surface area contributed by atoms with E-state index in [4.69, 9.17) is 11.6 Å². The minimum absolute atomic E-state index is 0.0374. The fourth-order valence-corrected chi connectivity index (χ4v) is 3.16. The van der Waals surface area contributed by atoms with Gasteiger partial charge in [-0.05, 0) is 24.6 Å². The third kappa shape index (κ3) is 5.13. The number of rotatable bonds is 6. The van der Waals surface area contributed by atoms with Crippen LogP contribution in [-0.4, -0.2) is 60.9 Å². The van der Waals surface area contributed by atoms with Crippen LogP contribution in [0, 0.1) is 0 Å². The molecule has 0 radical (unpaired) electrons. The Morgan fingerprint density at radius 3 is 2.46 bits per heavy atom. The predicted octanol–water partition coefficient (Wildman–Crippen LogP) is 2.64. The normalized spacial score (nSPS) is 14.6. The molecule has 24 heavy (non-hydrogen) atoms. The maximum Gasteiger partial charge on any atom is 0.224 e. The van der Waals surface area contributed by atoms with E-state index in [0.29, 0.717) is 32.6 Å². The molecule has 6 heteroatoms. The SMILES string of the molecule is CCCN(CCC(=O)N1CCN(c2cccc(Cl)c2)CC1)C(C)=O. The van der Waals surface area contributed by atoms with E-state index in [1.54, 1.807) is 11.8 Å². The van der Waals surface area contributed by atoms with Gasteiger partial charge in [-0.25, -0.2) is 0 Å². The molecule has 0 atom stereocenters. The maximum absolute atomic E-state index is 12.4. The van der Waals surface area contributed by atoms with Crippen LogP contribution in [0.2, 0.25) is 5.02 Å². The molecule has 1 fully saturated rings. The monoisotopic (exact) mass is 351 g/mol. The summed E-state index contributed by atoms with van der Waals surface area (Å²) in [5.74, 6) is 0.165. The molecule has 0 unspecified atom stereocenters. The first kappa shape index (κ1) is 18.6. The fourth-order valence-electron chi connectivity index (χ4n) is 2.97. The second-order valence-electron chi connectivity index (χ2n) is 6.10. The third-order valence-corrected chi connectivity index (χ3v) is 4.58. The summed E-state index contributed by atoms with van der Waals surface area (Å²) in [6.45, 7) is 7.84. The molecule has 1 aromatic carbocycles. The van der Waals surface area contributed by atoms with Crippen molar-refractivity contribution in [3.8, 4) is 0 Å². The highest BCUT2D eigenvalue weighted by molar-refractivity contribution is 6.30.